The Kier molecular flexibility index (Phi) is 5.05. The highest BCUT2D eigenvalue weighted by atomic mass is 19.1. The second-order valence-electron chi connectivity index (χ2n) is 7.46. The molecule has 2 atom stereocenters. The van der Waals surface area contributed by atoms with Gasteiger partial charge in [0.15, 0.2) is 6.23 Å². The van der Waals surface area contributed by atoms with Crippen LogP contribution in [0.3, 0.4) is 0 Å². The van der Waals surface area contributed by atoms with Gasteiger partial charge in [0, 0.05) is 25.0 Å². The van der Waals surface area contributed by atoms with E-state index in [4.69, 9.17) is 5.26 Å². The van der Waals surface area contributed by atoms with Crippen LogP contribution >= 0.6 is 0 Å². The Morgan fingerprint density at radius 1 is 1.32 bits per heavy atom. The number of rotatable bonds is 5. The smallest absolute Gasteiger partial charge is 0.257 e. The van der Waals surface area contributed by atoms with Gasteiger partial charge < -0.3 is 15.1 Å². The molecule has 9 heteroatoms. The highest BCUT2D eigenvalue weighted by molar-refractivity contribution is 5.99. The highest BCUT2D eigenvalue weighted by Crippen LogP contribution is 2.39. The largest absolute Gasteiger partial charge is 0.379 e. The van der Waals surface area contributed by atoms with Crippen LogP contribution in [0.2, 0.25) is 0 Å². The fourth-order valence-electron chi connectivity index (χ4n) is 3.80. The number of hydrogen-bond donors (Lipinski definition) is 2. The van der Waals surface area contributed by atoms with Gasteiger partial charge >= 0.3 is 0 Å². The lowest BCUT2D eigenvalue weighted by Gasteiger charge is -2.26. The van der Waals surface area contributed by atoms with Crippen molar-refractivity contribution in [2.75, 3.05) is 0 Å². The third-order valence-electron chi connectivity index (χ3n) is 5.59. The van der Waals surface area contributed by atoms with Gasteiger partial charge in [0.05, 0.1) is 29.1 Å². The summed E-state index contributed by atoms with van der Waals surface area (Å²) in [4.78, 5) is 18.2. The predicted octanol–water partition coefficient (Wildman–Crippen LogP) is 2.12. The summed E-state index contributed by atoms with van der Waals surface area (Å²) in [6.07, 6.45) is 1.75. The third-order valence-corrected chi connectivity index (χ3v) is 5.59. The van der Waals surface area contributed by atoms with E-state index in [0.29, 0.717) is 17.0 Å². The molecular formula is C22H20FN5O3. The first-order valence-corrected chi connectivity index (χ1v) is 9.69. The van der Waals surface area contributed by atoms with Gasteiger partial charge in [0.2, 0.25) is 0 Å². The lowest BCUT2D eigenvalue weighted by molar-refractivity contribution is 0.0118. The molecule has 0 saturated carbocycles. The number of pyridine rings is 1. The topological polar surface area (TPSA) is 115 Å². The number of halogens is 1. The number of carbonyl (C=O) groups excluding carboxylic acids is 1. The zero-order valence-electron chi connectivity index (χ0n) is 16.9. The van der Waals surface area contributed by atoms with Gasteiger partial charge in [0.25, 0.3) is 5.91 Å². The number of fused-ring (bicyclic) bond motifs is 1. The lowest BCUT2D eigenvalue weighted by Crippen LogP contribution is -2.28. The molecule has 1 aliphatic rings. The molecule has 3 aromatic rings. The summed E-state index contributed by atoms with van der Waals surface area (Å²) in [5.74, 6) is -1.36. The van der Waals surface area contributed by atoms with Crippen molar-refractivity contribution in [3.8, 4) is 6.07 Å². The molecule has 1 amide bonds. The molecule has 1 aromatic carbocycles. The third kappa shape index (κ3) is 3.36. The van der Waals surface area contributed by atoms with E-state index in [0.717, 1.165) is 11.0 Å². The summed E-state index contributed by atoms with van der Waals surface area (Å²) in [6, 6.07) is 9.26. The fourth-order valence-corrected chi connectivity index (χ4v) is 3.80. The molecule has 0 spiro atoms. The van der Waals surface area contributed by atoms with Gasteiger partial charge in [-0.05, 0) is 42.3 Å². The average Bonchev–Trinajstić information content (AvgIpc) is 3.31. The van der Waals surface area contributed by atoms with Crippen LogP contribution in [-0.2, 0) is 19.2 Å². The minimum atomic E-state index is -1.59. The maximum Gasteiger partial charge on any atom is 0.257 e. The Morgan fingerprint density at radius 3 is 2.68 bits per heavy atom. The van der Waals surface area contributed by atoms with E-state index in [9.17, 15) is 15.0 Å². The van der Waals surface area contributed by atoms with Crippen LogP contribution in [0, 0.1) is 17.1 Å². The first-order valence-electron chi connectivity index (χ1n) is 9.69. The van der Waals surface area contributed by atoms with Crippen LogP contribution in [0.5, 0.6) is 0 Å². The molecule has 0 bridgehead atoms. The van der Waals surface area contributed by atoms with Gasteiger partial charge in [-0.15, -0.1) is 0 Å². The summed E-state index contributed by atoms with van der Waals surface area (Å²) in [5, 5.41) is 35.0. The van der Waals surface area contributed by atoms with E-state index >= 15 is 4.39 Å². The first-order chi connectivity index (χ1) is 14.8. The minimum Gasteiger partial charge on any atom is -0.379 e. The quantitative estimate of drug-likeness (QED) is 0.652. The van der Waals surface area contributed by atoms with E-state index in [-0.39, 0.29) is 29.7 Å². The van der Waals surface area contributed by atoms with Crippen molar-refractivity contribution >= 4 is 5.91 Å². The van der Waals surface area contributed by atoms with Crippen LogP contribution in [-0.4, -0.2) is 35.8 Å². The normalized spacial score (nSPS) is 17.4. The summed E-state index contributed by atoms with van der Waals surface area (Å²) < 4.78 is 16.6. The van der Waals surface area contributed by atoms with Crippen LogP contribution < -0.4 is 0 Å². The number of aromatic nitrogens is 3. The maximum atomic E-state index is 15.0. The van der Waals surface area contributed by atoms with Crippen molar-refractivity contribution in [2.24, 2.45) is 7.05 Å². The van der Waals surface area contributed by atoms with Crippen LogP contribution in [0.25, 0.3) is 0 Å². The molecule has 0 saturated heterocycles. The molecule has 158 valence electrons. The van der Waals surface area contributed by atoms with Gasteiger partial charge in [-0.1, -0.05) is 6.92 Å². The number of aliphatic hydroxyl groups is 2. The number of aliphatic hydroxyl groups excluding tert-OH is 1. The van der Waals surface area contributed by atoms with Crippen LogP contribution in [0.4, 0.5) is 4.39 Å². The highest BCUT2D eigenvalue weighted by Gasteiger charge is 2.41. The summed E-state index contributed by atoms with van der Waals surface area (Å²) >= 11 is 0. The van der Waals surface area contributed by atoms with Crippen molar-refractivity contribution < 1.29 is 19.4 Å². The van der Waals surface area contributed by atoms with E-state index in [1.807, 2.05) is 6.07 Å². The Morgan fingerprint density at radius 2 is 2.10 bits per heavy atom. The summed E-state index contributed by atoms with van der Waals surface area (Å²) in [6.45, 7) is 1.67. The van der Waals surface area contributed by atoms with E-state index in [1.54, 1.807) is 38.4 Å². The molecule has 4 rings (SSSR count). The molecule has 2 aromatic heterocycles. The fraction of sp³-hybridized carbons (Fsp3) is 0.273. The monoisotopic (exact) mass is 421 g/mol. The SMILES string of the molecule is CCC(O)(c1cc(F)c2c(c1)C(=O)N(Cc1ccc(C#N)cn1)C2O)c1ccn(C)n1. The van der Waals surface area contributed by atoms with Gasteiger partial charge in [0.1, 0.15) is 17.5 Å². The van der Waals surface area contributed by atoms with E-state index in [1.165, 1.54) is 16.9 Å². The lowest BCUT2D eigenvalue weighted by atomic mass is 9.86. The number of carbonyl (C=O) groups is 1. The number of hydrogen-bond acceptors (Lipinski definition) is 6. The van der Waals surface area contributed by atoms with Gasteiger partial charge in [-0.25, -0.2) is 4.39 Å². The van der Waals surface area contributed by atoms with Crippen molar-refractivity contribution in [1.29, 1.82) is 5.26 Å². The zero-order chi connectivity index (χ0) is 22.3. The number of aryl methyl sites for hydroxylation is 1. The molecular weight excluding hydrogens is 401 g/mol. The average molecular weight is 421 g/mol. The zero-order valence-corrected chi connectivity index (χ0v) is 16.9. The van der Waals surface area contributed by atoms with Crippen LogP contribution in [0.1, 0.15) is 58.0 Å². The van der Waals surface area contributed by atoms with Crippen LogP contribution in [0.15, 0.2) is 42.7 Å². The molecule has 2 N–H and O–H groups in total. The van der Waals surface area contributed by atoms with Gasteiger partial charge in [-0.3, -0.25) is 14.5 Å². The molecule has 0 radical (unpaired) electrons. The number of benzene rings is 1. The first kappa shape index (κ1) is 20.7. The standard InChI is InChI=1S/C22H20FN5O3/c1-3-22(31,18-6-7-27(2)26-18)14-8-16-19(17(23)9-14)21(30)28(20(16)29)12-15-5-4-13(10-24)11-25-15/h4-9,11,21,30-31H,3,12H2,1-2H3. The van der Waals surface area contributed by atoms with Crippen molar-refractivity contribution in [3.05, 3.63) is 82.2 Å². The number of amides is 1. The Labute approximate surface area is 177 Å². The molecule has 2 unspecified atom stereocenters. The molecule has 8 nitrogen and oxygen atoms in total. The second-order valence-corrected chi connectivity index (χ2v) is 7.46. The van der Waals surface area contributed by atoms with Crippen molar-refractivity contribution in [2.45, 2.75) is 31.7 Å². The maximum absolute atomic E-state index is 15.0. The van der Waals surface area contributed by atoms with Gasteiger partial charge in [-0.2, -0.15) is 10.4 Å². The van der Waals surface area contributed by atoms with E-state index < -0.39 is 23.6 Å². The van der Waals surface area contributed by atoms with Crippen molar-refractivity contribution in [3.63, 3.8) is 0 Å². The number of nitriles is 1. The summed E-state index contributed by atoms with van der Waals surface area (Å²) in [5.41, 5.74) is -0.418. The molecule has 1 aliphatic heterocycles. The Balaban J connectivity index is 1.71. The molecule has 0 fully saturated rings. The van der Waals surface area contributed by atoms with E-state index in [2.05, 4.69) is 10.1 Å². The second kappa shape index (κ2) is 7.58. The summed E-state index contributed by atoms with van der Waals surface area (Å²) in [7, 11) is 1.71. The number of nitrogens with zero attached hydrogens (tertiary/aromatic N) is 5. The molecule has 31 heavy (non-hydrogen) atoms. The molecule has 0 aliphatic carbocycles. The Bertz CT molecular complexity index is 1200. The molecule has 3 heterocycles. The Hall–Kier alpha value is -3.61. The van der Waals surface area contributed by atoms with Crippen molar-refractivity contribution in [1.82, 2.24) is 19.7 Å². The minimum absolute atomic E-state index is 0.0149. The predicted molar refractivity (Wildman–Crippen MR) is 107 cm³/mol.